The Morgan fingerprint density at radius 1 is 0.613 bits per heavy atom. The van der Waals surface area contributed by atoms with Gasteiger partial charge in [0.2, 0.25) is 0 Å². The van der Waals surface area contributed by atoms with Crippen LogP contribution in [0.1, 0.15) is 12.8 Å². The van der Waals surface area contributed by atoms with Crippen LogP contribution in [0, 0.1) is 0 Å². The second kappa shape index (κ2) is 12.9. The number of aromatic hydroxyl groups is 2. The van der Waals surface area contributed by atoms with Crippen molar-refractivity contribution < 1.29 is 29.4 Å². The fourth-order valence-electron chi connectivity index (χ4n) is 2.79. The van der Waals surface area contributed by atoms with Crippen LogP contribution in [0.15, 0.2) is 92.7 Å². The first-order valence-corrected chi connectivity index (χ1v) is 11.8. The second-order valence-electron chi connectivity index (χ2n) is 7.60. The van der Waals surface area contributed by atoms with Crippen LogP contribution in [0.25, 0.3) is 0 Å². The van der Waals surface area contributed by atoms with Gasteiger partial charge in [0.15, 0.2) is 0 Å². The summed E-state index contributed by atoms with van der Waals surface area (Å²) in [5, 5.41) is 17.8. The Hall–Kier alpha value is -2.69. The minimum atomic E-state index is 0.0833. The fourth-order valence-corrected chi connectivity index (χ4v) is 4.68. The van der Waals surface area contributed by atoms with Gasteiger partial charge in [-0.2, -0.15) is 0 Å². The predicted octanol–water partition coefficient (Wildman–Crippen LogP) is 5.67. The van der Waals surface area contributed by atoms with Gasteiger partial charge in [-0.15, -0.1) is 0 Å². The minimum Gasteiger partial charge on any atom is -0.508 e. The number of rotatable bonds is 4. The summed E-state index contributed by atoms with van der Waals surface area (Å²) in [5.41, 5.74) is 2.19. The summed E-state index contributed by atoms with van der Waals surface area (Å²) < 4.78 is 3.36. The van der Waals surface area contributed by atoms with Crippen molar-refractivity contribution in [3.8, 4) is 11.5 Å². The number of anilines is 2. The van der Waals surface area contributed by atoms with E-state index < -0.39 is 0 Å². The molecule has 0 atom stereocenters. The number of nitrogens with zero attached hydrogens (tertiary/aromatic N) is 2. The van der Waals surface area contributed by atoms with E-state index in [1.807, 2.05) is 62.3 Å². The average Bonchev–Trinajstić information content (AvgIpc) is 3.44. The molecule has 0 spiro atoms. The zero-order chi connectivity index (χ0) is 22.6. The molecule has 2 N–H and O–H groups in total. The van der Waals surface area contributed by atoms with Gasteiger partial charge in [-0.25, -0.2) is 0 Å². The fraction of sp³-hybridized carbons (Fsp3) is 0.231. The Bertz CT molecular complexity index is 847. The number of phenols is 2. The van der Waals surface area contributed by atoms with Gasteiger partial charge in [-0.1, -0.05) is 0 Å². The Labute approximate surface area is 195 Å². The molecule has 2 aromatic carbocycles. The van der Waals surface area contributed by atoms with Crippen molar-refractivity contribution in [2.24, 2.45) is 0 Å². The van der Waals surface area contributed by atoms with Gasteiger partial charge in [-0.3, -0.25) is 0 Å². The van der Waals surface area contributed by atoms with E-state index in [1.165, 1.54) is 12.8 Å². The minimum absolute atomic E-state index is 0.0833. The molecule has 0 saturated heterocycles. The van der Waals surface area contributed by atoms with E-state index >= 15 is 0 Å². The van der Waals surface area contributed by atoms with E-state index in [0.29, 0.717) is 11.5 Å². The van der Waals surface area contributed by atoms with Crippen LogP contribution in [0.2, 0.25) is 0 Å². The second-order valence-corrected chi connectivity index (χ2v) is 9.99. The molecule has 162 valence electrons. The van der Waals surface area contributed by atoms with Gasteiger partial charge in [-0.05, 0) is 48.5 Å². The molecule has 31 heavy (non-hydrogen) atoms. The molecule has 0 amide bonds. The summed E-state index contributed by atoms with van der Waals surface area (Å²) in [7, 11) is 7.86. The molecule has 2 aromatic rings. The molecule has 2 aliphatic carbocycles. The quantitative estimate of drug-likeness (QED) is 0.587. The zero-order valence-corrected chi connectivity index (χ0v) is 20.3. The molecular weight excluding hydrogens is 420 g/mol. The summed E-state index contributed by atoms with van der Waals surface area (Å²) in [6.07, 6.45) is 15.9. The SMILES string of the molecule is C1=CC[C]([Ti][C]2=CC=CC2)=C1.CN(C)c1ccc(O)cc1.CN(C)c1ccc(O)cc1. The van der Waals surface area contributed by atoms with E-state index in [4.69, 9.17) is 10.2 Å². The monoisotopic (exact) mass is 452 g/mol. The zero-order valence-electron chi connectivity index (χ0n) is 18.8. The molecule has 0 unspecified atom stereocenters. The van der Waals surface area contributed by atoms with Gasteiger partial charge in [0.1, 0.15) is 11.5 Å². The molecule has 0 fully saturated rings. The molecule has 4 rings (SSSR count). The van der Waals surface area contributed by atoms with Crippen LogP contribution in [-0.2, 0) is 19.2 Å². The Balaban J connectivity index is 0.000000166. The van der Waals surface area contributed by atoms with Crippen molar-refractivity contribution in [3.63, 3.8) is 0 Å². The van der Waals surface area contributed by atoms with Crippen molar-refractivity contribution in [1.29, 1.82) is 0 Å². The first kappa shape index (κ1) is 24.6. The summed E-state index contributed by atoms with van der Waals surface area (Å²) in [4.78, 5) is 3.97. The third-order valence-electron chi connectivity index (χ3n) is 4.60. The average molecular weight is 452 g/mol. The van der Waals surface area contributed by atoms with Crippen LogP contribution in [0.3, 0.4) is 0 Å². The van der Waals surface area contributed by atoms with Crippen molar-refractivity contribution in [1.82, 2.24) is 0 Å². The summed E-state index contributed by atoms with van der Waals surface area (Å²) >= 11 is 0.0833. The van der Waals surface area contributed by atoms with Gasteiger partial charge < -0.3 is 20.0 Å². The number of hydrogen-bond donors (Lipinski definition) is 2. The first-order valence-electron chi connectivity index (χ1n) is 10.3. The summed E-state index contributed by atoms with van der Waals surface area (Å²) in [6.45, 7) is 0. The van der Waals surface area contributed by atoms with Crippen molar-refractivity contribution >= 4 is 11.4 Å². The molecular formula is C26H32N2O2Ti. The Kier molecular flexibility index (Phi) is 10.2. The van der Waals surface area contributed by atoms with E-state index in [9.17, 15) is 0 Å². The van der Waals surface area contributed by atoms with E-state index in [2.05, 4.69) is 36.5 Å². The van der Waals surface area contributed by atoms with Gasteiger partial charge in [0.25, 0.3) is 0 Å². The van der Waals surface area contributed by atoms with Crippen LogP contribution < -0.4 is 9.80 Å². The normalized spacial score (nSPS) is 13.3. The Morgan fingerprint density at radius 3 is 1.23 bits per heavy atom. The molecule has 0 heterocycles. The topological polar surface area (TPSA) is 46.9 Å². The molecule has 0 saturated carbocycles. The summed E-state index contributed by atoms with van der Waals surface area (Å²) in [5.74, 6) is 0.621. The smallest absolute Gasteiger partial charge is 0.115 e. The summed E-state index contributed by atoms with van der Waals surface area (Å²) in [6, 6.07) is 14.2. The number of phenolic OH excluding ortho intramolecular Hbond substituents is 2. The van der Waals surface area contributed by atoms with Crippen LogP contribution in [-0.4, -0.2) is 38.4 Å². The maximum atomic E-state index is 8.92. The van der Waals surface area contributed by atoms with Crippen molar-refractivity contribution in [3.05, 3.63) is 92.7 Å². The largest absolute Gasteiger partial charge is 0.508 e. The van der Waals surface area contributed by atoms with Crippen LogP contribution in [0.4, 0.5) is 11.4 Å². The maximum Gasteiger partial charge on any atom is 0.115 e. The molecule has 4 nitrogen and oxygen atoms in total. The van der Waals surface area contributed by atoms with E-state index in [0.717, 1.165) is 11.4 Å². The number of allylic oxidation sites excluding steroid dienone is 8. The third-order valence-corrected chi connectivity index (χ3v) is 6.76. The molecule has 5 heteroatoms. The molecule has 0 radical (unpaired) electrons. The van der Waals surface area contributed by atoms with Crippen LogP contribution in [0.5, 0.6) is 11.5 Å². The van der Waals surface area contributed by atoms with E-state index in [-0.39, 0.29) is 19.2 Å². The maximum absolute atomic E-state index is 8.92. The van der Waals surface area contributed by atoms with Gasteiger partial charge in [0, 0.05) is 39.6 Å². The van der Waals surface area contributed by atoms with Crippen molar-refractivity contribution in [2.45, 2.75) is 12.8 Å². The standard InChI is InChI=1S/2C8H11NO.2C5H5.Ti/c2*1-9(2)7-3-5-8(10)6-4-7;2*1-2-4-5-3-1;/h2*3-6,10H,1-2H3;2*1-3H,4H2;. The predicted molar refractivity (Wildman–Crippen MR) is 129 cm³/mol. The number of hydrogen-bond acceptors (Lipinski definition) is 4. The third kappa shape index (κ3) is 9.33. The molecule has 0 aliphatic heterocycles. The molecule has 0 aromatic heterocycles. The van der Waals surface area contributed by atoms with Crippen molar-refractivity contribution in [2.75, 3.05) is 38.0 Å². The number of benzene rings is 2. The molecule has 2 aliphatic rings. The van der Waals surface area contributed by atoms with Crippen LogP contribution >= 0.6 is 0 Å². The van der Waals surface area contributed by atoms with Gasteiger partial charge in [0.05, 0.1) is 0 Å². The molecule has 0 bridgehead atoms. The Morgan fingerprint density at radius 2 is 0.968 bits per heavy atom. The van der Waals surface area contributed by atoms with E-state index in [1.54, 1.807) is 32.0 Å². The first-order chi connectivity index (χ1) is 14.8. The van der Waals surface area contributed by atoms with Gasteiger partial charge >= 0.3 is 76.2 Å².